The zero-order chi connectivity index (χ0) is 13.5. The number of hydrogen-bond acceptors (Lipinski definition) is 3. The summed E-state index contributed by atoms with van der Waals surface area (Å²) in [6.45, 7) is 2.32. The van der Waals surface area contributed by atoms with Crippen LogP contribution in [0, 0.1) is 0 Å². The lowest BCUT2D eigenvalue weighted by atomic mass is 10.1. The summed E-state index contributed by atoms with van der Waals surface area (Å²) < 4.78 is 5.50. The number of carbonyl (C=O) groups excluding carboxylic acids is 2. The molecule has 0 unspecified atom stereocenters. The fraction of sp³-hybridized carbons (Fsp3) is 0.385. The summed E-state index contributed by atoms with van der Waals surface area (Å²) in [7, 11) is 1.31. The summed E-state index contributed by atoms with van der Waals surface area (Å²) in [5.74, 6) is -0.486. The van der Waals surface area contributed by atoms with Gasteiger partial charge >= 0.3 is 5.97 Å². The van der Waals surface area contributed by atoms with Gasteiger partial charge in [0.05, 0.1) is 13.5 Å². The number of ether oxygens (including phenoxy) is 1. The Morgan fingerprint density at radius 1 is 1.39 bits per heavy atom. The highest BCUT2D eigenvalue weighted by atomic mass is 79.9. The molecule has 1 aromatic rings. The zero-order valence-electron chi connectivity index (χ0n) is 10.5. The number of hydrogen-bond donors (Lipinski definition) is 0. The van der Waals surface area contributed by atoms with Crippen molar-refractivity contribution in [2.24, 2.45) is 0 Å². The van der Waals surface area contributed by atoms with E-state index < -0.39 is 5.97 Å². The van der Waals surface area contributed by atoms with Crippen molar-refractivity contribution in [3.8, 4) is 0 Å². The molecule has 0 atom stereocenters. The second-order valence-electron chi connectivity index (χ2n) is 3.79. The third kappa shape index (κ3) is 4.49. The Bertz CT molecular complexity index is 434. The topological polar surface area (TPSA) is 46.6 Å². The summed E-state index contributed by atoms with van der Waals surface area (Å²) in [4.78, 5) is 24.7. The molecule has 0 heterocycles. The molecule has 1 aromatic carbocycles. The van der Waals surface area contributed by atoms with Gasteiger partial charge in [0.25, 0.3) is 0 Å². The number of rotatable bonds is 5. The molecule has 0 saturated carbocycles. The Hall–Kier alpha value is -1.36. The van der Waals surface area contributed by atoms with Crippen LogP contribution in [0.5, 0.6) is 0 Å². The molecule has 0 aliphatic rings. The number of amides is 1. The van der Waals surface area contributed by atoms with Crippen molar-refractivity contribution in [3.05, 3.63) is 34.3 Å². The SMILES string of the molecule is CCN(CC(=O)OC)C(=O)Cc1cccc(Br)c1. The molecule has 0 fully saturated rings. The summed E-state index contributed by atoms with van der Waals surface area (Å²) >= 11 is 3.36. The predicted molar refractivity (Wildman–Crippen MR) is 72.1 cm³/mol. The molecule has 0 N–H and O–H groups in total. The van der Waals surface area contributed by atoms with Crippen molar-refractivity contribution < 1.29 is 14.3 Å². The van der Waals surface area contributed by atoms with Crippen LogP contribution >= 0.6 is 15.9 Å². The van der Waals surface area contributed by atoms with Gasteiger partial charge in [-0.05, 0) is 24.6 Å². The van der Waals surface area contributed by atoms with E-state index in [1.54, 1.807) is 0 Å². The highest BCUT2D eigenvalue weighted by molar-refractivity contribution is 9.10. The molecule has 0 bridgehead atoms. The molecule has 18 heavy (non-hydrogen) atoms. The maximum absolute atomic E-state index is 12.0. The van der Waals surface area contributed by atoms with Gasteiger partial charge in [-0.2, -0.15) is 0 Å². The average Bonchev–Trinajstić information content (AvgIpc) is 2.35. The van der Waals surface area contributed by atoms with Gasteiger partial charge in [-0.25, -0.2) is 0 Å². The molecule has 0 spiro atoms. The number of esters is 1. The quantitative estimate of drug-likeness (QED) is 0.781. The Morgan fingerprint density at radius 2 is 2.11 bits per heavy atom. The Balaban J connectivity index is 2.65. The normalized spacial score (nSPS) is 9.94. The van der Waals surface area contributed by atoms with Crippen molar-refractivity contribution >= 4 is 27.8 Å². The Labute approximate surface area is 115 Å². The lowest BCUT2D eigenvalue weighted by molar-refractivity contribution is -0.146. The van der Waals surface area contributed by atoms with Crippen LogP contribution in [-0.2, 0) is 20.7 Å². The van der Waals surface area contributed by atoms with Crippen LogP contribution in [0.15, 0.2) is 28.7 Å². The highest BCUT2D eigenvalue weighted by Gasteiger charge is 2.16. The minimum Gasteiger partial charge on any atom is -0.468 e. The van der Waals surface area contributed by atoms with Gasteiger partial charge in [-0.1, -0.05) is 28.1 Å². The average molecular weight is 314 g/mol. The summed E-state index contributed by atoms with van der Waals surface area (Å²) in [6.07, 6.45) is 0.282. The first-order chi connectivity index (χ1) is 8.56. The third-order valence-corrected chi connectivity index (χ3v) is 3.02. The molecule has 4 nitrogen and oxygen atoms in total. The Kier molecular flexibility index (Phi) is 5.85. The van der Waals surface area contributed by atoms with Crippen LogP contribution in [-0.4, -0.2) is 37.0 Å². The molecule has 0 radical (unpaired) electrons. The van der Waals surface area contributed by atoms with E-state index >= 15 is 0 Å². The lowest BCUT2D eigenvalue weighted by Crippen LogP contribution is -2.37. The number of carbonyl (C=O) groups is 2. The second-order valence-corrected chi connectivity index (χ2v) is 4.71. The molecule has 0 aromatic heterocycles. The van der Waals surface area contributed by atoms with E-state index in [1.165, 1.54) is 12.0 Å². The zero-order valence-corrected chi connectivity index (χ0v) is 12.1. The van der Waals surface area contributed by atoms with Crippen LogP contribution in [0.3, 0.4) is 0 Å². The summed E-state index contributed by atoms with van der Waals surface area (Å²) in [5.41, 5.74) is 0.915. The van der Waals surface area contributed by atoms with Crippen LogP contribution in [0.25, 0.3) is 0 Å². The van der Waals surface area contributed by atoms with E-state index in [-0.39, 0.29) is 18.9 Å². The van der Waals surface area contributed by atoms with Crippen molar-refractivity contribution in [1.29, 1.82) is 0 Å². The second kappa shape index (κ2) is 7.16. The number of nitrogens with zero attached hydrogens (tertiary/aromatic N) is 1. The van der Waals surface area contributed by atoms with Gasteiger partial charge < -0.3 is 9.64 Å². The molecule has 1 amide bonds. The van der Waals surface area contributed by atoms with E-state index in [2.05, 4.69) is 20.7 Å². The first kappa shape index (κ1) is 14.7. The highest BCUT2D eigenvalue weighted by Crippen LogP contribution is 2.12. The first-order valence-electron chi connectivity index (χ1n) is 5.65. The molecule has 0 saturated heterocycles. The van der Waals surface area contributed by atoms with Gasteiger partial charge in [0.1, 0.15) is 6.54 Å². The molecular formula is C13H16BrNO3. The van der Waals surface area contributed by atoms with E-state index in [0.717, 1.165) is 10.0 Å². The van der Waals surface area contributed by atoms with Crippen LogP contribution in [0.4, 0.5) is 0 Å². The van der Waals surface area contributed by atoms with Crippen molar-refractivity contribution in [2.45, 2.75) is 13.3 Å². The molecule has 1 rings (SSSR count). The summed E-state index contributed by atoms with van der Waals surface area (Å²) in [5, 5.41) is 0. The van der Waals surface area contributed by atoms with Gasteiger partial charge in [0.2, 0.25) is 5.91 Å². The van der Waals surface area contributed by atoms with Gasteiger partial charge in [-0.3, -0.25) is 9.59 Å². The molecular weight excluding hydrogens is 298 g/mol. The molecule has 0 aliphatic carbocycles. The van der Waals surface area contributed by atoms with Gasteiger partial charge in [0, 0.05) is 11.0 Å². The third-order valence-electron chi connectivity index (χ3n) is 2.53. The fourth-order valence-corrected chi connectivity index (χ4v) is 1.98. The van der Waals surface area contributed by atoms with Gasteiger partial charge in [0.15, 0.2) is 0 Å². The van der Waals surface area contributed by atoms with Crippen LogP contribution in [0.2, 0.25) is 0 Å². The van der Waals surface area contributed by atoms with E-state index in [9.17, 15) is 9.59 Å². The van der Waals surface area contributed by atoms with E-state index in [4.69, 9.17) is 0 Å². The summed E-state index contributed by atoms with van der Waals surface area (Å²) in [6, 6.07) is 7.56. The first-order valence-corrected chi connectivity index (χ1v) is 6.45. The standard InChI is InChI=1S/C13H16BrNO3/c1-3-15(9-13(17)18-2)12(16)8-10-5-4-6-11(14)7-10/h4-7H,3,8-9H2,1-2H3. The number of methoxy groups -OCH3 is 1. The monoisotopic (exact) mass is 313 g/mol. The minimum absolute atomic E-state index is 0.000162. The van der Waals surface area contributed by atoms with Crippen LogP contribution < -0.4 is 0 Å². The number of likely N-dealkylation sites (N-methyl/N-ethyl adjacent to an activating group) is 1. The largest absolute Gasteiger partial charge is 0.468 e. The number of benzene rings is 1. The fourth-order valence-electron chi connectivity index (χ4n) is 1.53. The van der Waals surface area contributed by atoms with Crippen molar-refractivity contribution in [3.63, 3.8) is 0 Å². The minimum atomic E-state index is -0.403. The lowest BCUT2D eigenvalue weighted by Gasteiger charge is -2.19. The van der Waals surface area contributed by atoms with E-state index in [0.29, 0.717) is 6.54 Å². The maximum atomic E-state index is 12.0. The predicted octanol–water partition coefficient (Wildman–Crippen LogP) is 2.01. The molecule has 0 aliphatic heterocycles. The molecule has 5 heteroatoms. The van der Waals surface area contributed by atoms with Crippen molar-refractivity contribution in [2.75, 3.05) is 20.2 Å². The molecule has 98 valence electrons. The van der Waals surface area contributed by atoms with Crippen molar-refractivity contribution in [1.82, 2.24) is 4.90 Å². The maximum Gasteiger partial charge on any atom is 0.325 e. The number of halogens is 1. The smallest absolute Gasteiger partial charge is 0.325 e. The van der Waals surface area contributed by atoms with E-state index in [1.807, 2.05) is 31.2 Å². The van der Waals surface area contributed by atoms with Gasteiger partial charge in [-0.15, -0.1) is 0 Å². The van der Waals surface area contributed by atoms with Crippen LogP contribution in [0.1, 0.15) is 12.5 Å². The Morgan fingerprint density at radius 3 is 2.67 bits per heavy atom.